The Bertz CT molecular complexity index is 546. The van der Waals surface area contributed by atoms with Crippen LogP contribution >= 0.6 is 0 Å². The van der Waals surface area contributed by atoms with E-state index >= 15 is 0 Å². The Balaban J connectivity index is 2.21. The Morgan fingerprint density at radius 1 is 1.20 bits per heavy atom. The van der Waals surface area contributed by atoms with Crippen molar-refractivity contribution in [2.75, 3.05) is 6.54 Å². The van der Waals surface area contributed by atoms with Crippen molar-refractivity contribution in [2.24, 2.45) is 0 Å². The summed E-state index contributed by atoms with van der Waals surface area (Å²) >= 11 is 0. The molecule has 0 radical (unpaired) electrons. The first-order valence-corrected chi connectivity index (χ1v) is 6.64. The van der Waals surface area contributed by atoms with E-state index in [0.717, 1.165) is 30.7 Å². The first-order valence-electron chi connectivity index (χ1n) is 6.64. The van der Waals surface area contributed by atoms with Crippen molar-refractivity contribution in [3.63, 3.8) is 0 Å². The molecule has 1 unspecified atom stereocenters. The summed E-state index contributed by atoms with van der Waals surface area (Å²) in [5, 5.41) is 10.9. The molecule has 0 bridgehead atoms. The molecule has 1 N–H and O–H groups in total. The fourth-order valence-electron chi connectivity index (χ4n) is 2.05. The highest BCUT2D eigenvalue weighted by atomic mass is 19.1. The van der Waals surface area contributed by atoms with Crippen LogP contribution in [0.15, 0.2) is 36.7 Å². The van der Waals surface area contributed by atoms with Gasteiger partial charge < -0.3 is 5.32 Å². The average Bonchev–Trinajstić information content (AvgIpc) is 2.48. The van der Waals surface area contributed by atoms with Crippen LogP contribution in [0, 0.1) is 11.6 Å². The lowest BCUT2D eigenvalue weighted by atomic mass is 10.00. The van der Waals surface area contributed by atoms with E-state index in [1.165, 1.54) is 6.07 Å². The molecular formula is C15H17F2N3. The van der Waals surface area contributed by atoms with Gasteiger partial charge in [0.2, 0.25) is 0 Å². The summed E-state index contributed by atoms with van der Waals surface area (Å²) in [5.41, 5.74) is 1.27. The van der Waals surface area contributed by atoms with Crippen molar-refractivity contribution in [1.29, 1.82) is 0 Å². The minimum absolute atomic E-state index is 0.109. The molecule has 0 saturated heterocycles. The fraction of sp³-hybridized carbons (Fsp3) is 0.333. The second kappa shape index (κ2) is 7.05. The number of rotatable bonds is 6. The number of nitrogens with zero attached hydrogens (tertiary/aromatic N) is 2. The minimum Gasteiger partial charge on any atom is -0.310 e. The van der Waals surface area contributed by atoms with E-state index < -0.39 is 11.6 Å². The van der Waals surface area contributed by atoms with E-state index in [-0.39, 0.29) is 6.04 Å². The number of benzene rings is 1. The van der Waals surface area contributed by atoms with Crippen LogP contribution in [0.1, 0.15) is 30.5 Å². The maximum Gasteiger partial charge on any atom is 0.126 e. The molecule has 0 spiro atoms. The van der Waals surface area contributed by atoms with Gasteiger partial charge in [-0.25, -0.2) is 8.78 Å². The molecule has 1 aromatic heterocycles. The molecule has 5 heteroatoms. The largest absolute Gasteiger partial charge is 0.310 e. The van der Waals surface area contributed by atoms with E-state index in [1.54, 1.807) is 12.4 Å². The predicted molar refractivity (Wildman–Crippen MR) is 73.1 cm³/mol. The number of hydrogen-bond acceptors (Lipinski definition) is 3. The van der Waals surface area contributed by atoms with Crippen LogP contribution in [0.2, 0.25) is 0 Å². The van der Waals surface area contributed by atoms with Gasteiger partial charge in [0, 0.05) is 12.2 Å². The lowest BCUT2D eigenvalue weighted by Crippen LogP contribution is -2.24. The van der Waals surface area contributed by atoms with Crippen LogP contribution in [0.3, 0.4) is 0 Å². The zero-order valence-corrected chi connectivity index (χ0v) is 11.3. The number of nitrogens with one attached hydrogen (secondary N) is 1. The van der Waals surface area contributed by atoms with E-state index in [0.29, 0.717) is 12.0 Å². The molecule has 1 atom stereocenters. The van der Waals surface area contributed by atoms with Crippen LogP contribution in [-0.4, -0.2) is 16.7 Å². The molecule has 0 saturated carbocycles. The standard InChI is InChI=1S/C15H17F2N3/c1-2-6-18-15(11-5-7-19-20-10-11)9-12-8-13(16)3-4-14(12)17/h3-5,7-8,10,15,18H,2,6,9H2,1H3. The van der Waals surface area contributed by atoms with Gasteiger partial charge in [0.15, 0.2) is 0 Å². The zero-order chi connectivity index (χ0) is 14.4. The van der Waals surface area contributed by atoms with Crippen molar-refractivity contribution in [3.05, 3.63) is 59.4 Å². The number of aromatic nitrogens is 2. The molecule has 1 aromatic carbocycles. The summed E-state index contributed by atoms with van der Waals surface area (Å²) in [6, 6.07) is 5.25. The second-order valence-electron chi connectivity index (χ2n) is 4.62. The summed E-state index contributed by atoms with van der Waals surface area (Å²) in [7, 11) is 0. The Morgan fingerprint density at radius 2 is 2.05 bits per heavy atom. The highest BCUT2D eigenvalue weighted by Crippen LogP contribution is 2.20. The van der Waals surface area contributed by atoms with Crippen LogP contribution in [-0.2, 0) is 6.42 Å². The first-order chi connectivity index (χ1) is 9.70. The molecule has 2 aromatic rings. The van der Waals surface area contributed by atoms with Crippen molar-refractivity contribution in [3.8, 4) is 0 Å². The van der Waals surface area contributed by atoms with Crippen LogP contribution in [0.25, 0.3) is 0 Å². The van der Waals surface area contributed by atoms with Crippen molar-refractivity contribution in [1.82, 2.24) is 15.5 Å². The van der Waals surface area contributed by atoms with Crippen LogP contribution < -0.4 is 5.32 Å². The molecular weight excluding hydrogens is 260 g/mol. The van der Waals surface area contributed by atoms with Gasteiger partial charge in [0.05, 0.1) is 6.20 Å². The third kappa shape index (κ3) is 3.81. The fourth-order valence-corrected chi connectivity index (χ4v) is 2.05. The number of halogens is 2. The summed E-state index contributed by atoms with van der Waals surface area (Å²) in [6.07, 6.45) is 4.57. The summed E-state index contributed by atoms with van der Waals surface area (Å²) in [6.45, 7) is 2.85. The van der Waals surface area contributed by atoms with Crippen molar-refractivity contribution >= 4 is 0 Å². The quantitative estimate of drug-likeness (QED) is 0.882. The molecule has 0 aliphatic rings. The third-order valence-electron chi connectivity index (χ3n) is 3.08. The average molecular weight is 277 g/mol. The highest BCUT2D eigenvalue weighted by Gasteiger charge is 2.15. The lowest BCUT2D eigenvalue weighted by Gasteiger charge is -2.19. The Morgan fingerprint density at radius 3 is 2.75 bits per heavy atom. The first kappa shape index (κ1) is 14.5. The van der Waals surface area contributed by atoms with Gasteiger partial charge in [-0.3, -0.25) is 0 Å². The zero-order valence-electron chi connectivity index (χ0n) is 11.3. The minimum atomic E-state index is -0.427. The van der Waals surface area contributed by atoms with Crippen LogP contribution in [0.4, 0.5) is 8.78 Å². The normalized spacial score (nSPS) is 12.3. The lowest BCUT2D eigenvalue weighted by molar-refractivity contribution is 0.507. The highest BCUT2D eigenvalue weighted by molar-refractivity contribution is 5.23. The molecule has 1 heterocycles. The molecule has 0 fully saturated rings. The van der Waals surface area contributed by atoms with E-state index in [9.17, 15) is 8.78 Å². The molecule has 0 aliphatic heterocycles. The Kier molecular flexibility index (Phi) is 5.12. The predicted octanol–water partition coefficient (Wildman–Crippen LogP) is 3.04. The molecule has 20 heavy (non-hydrogen) atoms. The Hall–Kier alpha value is -1.88. The summed E-state index contributed by atoms with van der Waals surface area (Å²) in [5.74, 6) is -0.819. The van der Waals surface area contributed by atoms with Gasteiger partial charge in [-0.05, 0) is 54.8 Å². The maximum atomic E-state index is 13.7. The third-order valence-corrected chi connectivity index (χ3v) is 3.08. The summed E-state index contributed by atoms with van der Waals surface area (Å²) in [4.78, 5) is 0. The van der Waals surface area contributed by atoms with Crippen molar-refractivity contribution in [2.45, 2.75) is 25.8 Å². The smallest absolute Gasteiger partial charge is 0.126 e. The SMILES string of the molecule is CCCNC(Cc1cc(F)ccc1F)c1ccnnc1. The van der Waals surface area contributed by atoms with Gasteiger partial charge in [-0.15, -0.1) is 0 Å². The monoisotopic (exact) mass is 277 g/mol. The molecule has 2 rings (SSSR count). The molecule has 3 nitrogen and oxygen atoms in total. The molecule has 106 valence electrons. The van der Waals surface area contributed by atoms with Gasteiger partial charge in [-0.2, -0.15) is 10.2 Å². The summed E-state index contributed by atoms with van der Waals surface area (Å²) < 4.78 is 27.0. The second-order valence-corrected chi connectivity index (χ2v) is 4.62. The van der Waals surface area contributed by atoms with Gasteiger partial charge in [0.25, 0.3) is 0 Å². The topological polar surface area (TPSA) is 37.8 Å². The van der Waals surface area contributed by atoms with E-state index in [1.807, 2.05) is 6.07 Å². The van der Waals surface area contributed by atoms with E-state index in [4.69, 9.17) is 0 Å². The number of hydrogen-bond donors (Lipinski definition) is 1. The van der Waals surface area contributed by atoms with Gasteiger partial charge >= 0.3 is 0 Å². The maximum absolute atomic E-state index is 13.7. The van der Waals surface area contributed by atoms with Crippen LogP contribution in [0.5, 0.6) is 0 Å². The van der Waals surface area contributed by atoms with E-state index in [2.05, 4.69) is 22.4 Å². The van der Waals surface area contributed by atoms with Crippen molar-refractivity contribution < 1.29 is 8.78 Å². The molecule has 0 amide bonds. The van der Waals surface area contributed by atoms with Gasteiger partial charge in [0.1, 0.15) is 11.6 Å². The van der Waals surface area contributed by atoms with Gasteiger partial charge in [-0.1, -0.05) is 6.92 Å². The molecule has 0 aliphatic carbocycles. The Labute approximate surface area is 117 Å².